The zero-order chi connectivity index (χ0) is 42.1. The molecule has 0 aliphatic carbocycles. The lowest BCUT2D eigenvalue weighted by molar-refractivity contribution is -0.161. The van der Waals surface area contributed by atoms with E-state index in [0.29, 0.717) is 12.8 Å². The third-order valence-electron chi connectivity index (χ3n) is 9.86. The van der Waals surface area contributed by atoms with Gasteiger partial charge in [-0.1, -0.05) is 201 Å². The Morgan fingerprint density at radius 2 is 0.741 bits per heavy atom. The molecule has 0 aliphatic rings. The predicted octanol–water partition coefficient (Wildman–Crippen LogP) is 15.6. The second-order valence-electron chi connectivity index (χ2n) is 15.4. The first-order valence-corrected chi connectivity index (χ1v) is 23.8. The van der Waals surface area contributed by atoms with Crippen LogP contribution in [-0.4, -0.2) is 36.4 Å². The van der Waals surface area contributed by atoms with Gasteiger partial charge < -0.3 is 14.6 Å². The zero-order valence-electron chi connectivity index (χ0n) is 37.5. The van der Waals surface area contributed by atoms with E-state index < -0.39 is 6.10 Å². The van der Waals surface area contributed by atoms with Crippen molar-refractivity contribution in [2.45, 2.75) is 213 Å². The van der Waals surface area contributed by atoms with Gasteiger partial charge in [-0.3, -0.25) is 9.59 Å². The summed E-state index contributed by atoms with van der Waals surface area (Å²) in [6.45, 7) is 3.96. The lowest BCUT2D eigenvalue weighted by Crippen LogP contribution is -2.28. The van der Waals surface area contributed by atoms with Crippen molar-refractivity contribution in [1.82, 2.24) is 0 Å². The van der Waals surface area contributed by atoms with Crippen LogP contribution in [0.2, 0.25) is 0 Å². The van der Waals surface area contributed by atoms with Gasteiger partial charge in [-0.2, -0.15) is 0 Å². The van der Waals surface area contributed by atoms with Crippen molar-refractivity contribution in [1.29, 1.82) is 0 Å². The maximum Gasteiger partial charge on any atom is 0.306 e. The molecule has 1 unspecified atom stereocenters. The van der Waals surface area contributed by atoms with Crippen molar-refractivity contribution < 1.29 is 24.2 Å². The molecule has 5 heteroatoms. The number of aliphatic hydroxyl groups excluding tert-OH is 1. The summed E-state index contributed by atoms with van der Waals surface area (Å²) >= 11 is 0. The summed E-state index contributed by atoms with van der Waals surface area (Å²) < 4.78 is 10.6. The smallest absolute Gasteiger partial charge is 0.306 e. The molecule has 5 nitrogen and oxygen atoms in total. The molecule has 0 aromatic carbocycles. The van der Waals surface area contributed by atoms with Crippen LogP contribution in [0.3, 0.4) is 0 Å². The SMILES string of the molecule is CC/C=C\C/C=C\C/C=C\C/C=C\C/C=C\C/C=C\C/C=C\CCCCCCCCCCCCCC(=O)OC(CO)COC(=O)CCCCCCC/C=C\CCCC. The molecular formula is C53H88O5. The number of allylic oxidation sites excluding steroid dienone is 16. The van der Waals surface area contributed by atoms with E-state index in [-0.39, 0.29) is 25.2 Å². The Morgan fingerprint density at radius 3 is 1.14 bits per heavy atom. The molecule has 1 atom stereocenters. The van der Waals surface area contributed by atoms with E-state index in [1.807, 2.05) is 0 Å². The van der Waals surface area contributed by atoms with Crippen LogP contribution in [0.25, 0.3) is 0 Å². The Morgan fingerprint density at radius 1 is 0.414 bits per heavy atom. The lowest BCUT2D eigenvalue weighted by Gasteiger charge is -2.15. The first-order chi connectivity index (χ1) is 28.6. The van der Waals surface area contributed by atoms with E-state index in [1.54, 1.807) is 0 Å². The second-order valence-corrected chi connectivity index (χ2v) is 15.4. The van der Waals surface area contributed by atoms with E-state index in [0.717, 1.165) is 89.9 Å². The number of unbranched alkanes of at least 4 members (excludes halogenated alkanes) is 18. The van der Waals surface area contributed by atoms with Crippen molar-refractivity contribution in [3.8, 4) is 0 Å². The third-order valence-corrected chi connectivity index (χ3v) is 9.86. The Balaban J connectivity index is 3.55. The molecule has 0 heterocycles. The highest BCUT2D eigenvalue weighted by Crippen LogP contribution is 2.14. The van der Waals surface area contributed by atoms with E-state index in [2.05, 4.69) is 111 Å². The molecule has 0 aliphatic heterocycles. The number of esters is 2. The van der Waals surface area contributed by atoms with E-state index in [9.17, 15) is 14.7 Å². The Bertz CT molecular complexity index is 1140. The van der Waals surface area contributed by atoms with Crippen molar-refractivity contribution >= 4 is 11.9 Å². The summed E-state index contributed by atoms with van der Waals surface area (Å²) in [6.07, 6.45) is 67.8. The molecule has 330 valence electrons. The van der Waals surface area contributed by atoms with Crippen LogP contribution in [-0.2, 0) is 19.1 Å². The Kier molecular flexibility index (Phi) is 45.5. The first kappa shape index (κ1) is 54.8. The van der Waals surface area contributed by atoms with Crippen LogP contribution in [0.5, 0.6) is 0 Å². The fourth-order valence-electron chi connectivity index (χ4n) is 6.28. The zero-order valence-corrected chi connectivity index (χ0v) is 37.5. The Labute approximate surface area is 358 Å². The number of aliphatic hydroxyl groups is 1. The molecule has 0 aromatic heterocycles. The van der Waals surface area contributed by atoms with Crippen LogP contribution in [0.1, 0.15) is 206 Å². The molecule has 0 saturated carbocycles. The molecular weight excluding hydrogens is 717 g/mol. The fraction of sp³-hybridized carbons (Fsp3) is 0.660. The van der Waals surface area contributed by atoms with Gasteiger partial charge in [-0.05, 0) is 89.9 Å². The minimum absolute atomic E-state index is 0.0752. The summed E-state index contributed by atoms with van der Waals surface area (Å²) in [5.74, 6) is -0.611. The van der Waals surface area contributed by atoms with E-state index in [4.69, 9.17) is 9.47 Å². The van der Waals surface area contributed by atoms with Gasteiger partial charge in [0.25, 0.3) is 0 Å². The van der Waals surface area contributed by atoms with Gasteiger partial charge in [0.1, 0.15) is 6.61 Å². The third kappa shape index (κ3) is 45.5. The molecule has 0 fully saturated rings. The molecule has 1 N–H and O–H groups in total. The maximum atomic E-state index is 12.2. The summed E-state index contributed by atoms with van der Waals surface area (Å²) in [5.41, 5.74) is 0. The number of carbonyl (C=O) groups excluding carboxylic acids is 2. The molecule has 0 saturated heterocycles. The first-order valence-electron chi connectivity index (χ1n) is 23.8. The van der Waals surface area contributed by atoms with Gasteiger partial charge in [0.15, 0.2) is 6.10 Å². The van der Waals surface area contributed by atoms with Crippen LogP contribution in [0.4, 0.5) is 0 Å². The lowest BCUT2D eigenvalue weighted by atomic mass is 10.0. The summed E-state index contributed by atoms with van der Waals surface area (Å²) in [4.78, 5) is 24.3. The second kappa shape index (κ2) is 48.2. The molecule has 0 radical (unpaired) electrons. The van der Waals surface area contributed by atoms with Gasteiger partial charge in [-0.25, -0.2) is 0 Å². The quantitative estimate of drug-likeness (QED) is 0.0378. The number of carbonyl (C=O) groups is 2. The summed E-state index contributed by atoms with van der Waals surface area (Å²) in [7, 11) is 0. The fourth-order valence-corrected chi connectivity index (χ4v) is 6.28. The van der Waals surface area contributed by atoms with Crippen LogP contribution in [0, 0.1) is 0 Å². The average Bonchev–Trinajstić information content (AvgIpc) is 3.23. The monoisotopic (exact) mass is 805 g/mol. The number of hydrogen-bond donors (Lipinski definition) is 1. The molecule has 0 spiro atoms. The van der Waals surface area contributed by atoms with Gasteiger partial charge in [0, 0.05) is 12.8 Å². The van der Waals surface area contributed by atoms with Crippen molar-refractivity contribution in [2.24, 2.45) is 0 Å². The molecule has 0 amide bonds. The largest absolute Gasteiger partial charge is 0.462 e. The predicted molar refractivity (Wildman–Crippen MR) is 251 cm³/mol. The van der Waals surface area contributed by atoms with E-state index >= 15 is 0 Å². The molecule has 0 aromatic rings. The van der Waals surface area contributed by atoms with E-state index in [1.165, 1.54) is 89.9 Å². The highest BCUT2D eigenvalue weighted by molar-refractivity contribution is 5.70. The summed E-state index contributed by atoms with van der Waals surface area (Å²) in [5, 5.41) is 9.58. The average molecular weight is 805 g/mol. The molecule has 0 bridgehead atoms. The van der Waals surface area contributed by atoms with Gasteiger partial charge in [0.05, 0.1) is 6.61 Å². The normalized spacial score (nSPS) is 13.1. The molecule has 58 heavy (non-hydrogen) atoms. The minimum Gasteiger partial charge on any atom is -0.462 e. The van der Waals surface area contributed by atoms with Crippen molar-refractivity contribution in [2.75, 3.05) is 13.2 Å². The van der Waals surface area contributed by atoms with Crippen LogP contribution < -0.4 is 0 Å². The topological polar surface area (TPSA) is 72.8 Å². The minimum atomic E-state index is -0.780. The standard InChI is InChI=1S/C53H88O5/c1-3-5-7-9-11-13-15-16-17-18-19-20-21-22-23-24-25-26-27-28-29-30-31-32-33-34-35-36-38-40-42-44-46-48-53(56)58-51(49-54)50-57-52(55)47-45-43-41-39-37-14-12-10-8-6-4-2/h5,7,10-13,16-17,19-20,22-23,25-26,28-29,51,54H,3-4,6,8-9,14-15,18,21,24,27,30-50H2,1-2H3/b7-5-,12-10-,13-11-,17-16-,20-19-,23-22-,26-25-,29-28-. The van der Waals surface area contributed by atoms with Crippen LogP contribution in [0.15, 0.2) is 97.2 Å². The highest BCUT2D eigenvalue weighted by Gasteiger charge is 2.16. The van der Waals surface area contributed by atoms with Crippen molar-refractivity contribution in [3.63, 3.8) is 0 Å². The van der Waals surface area contributed by atoms with Gasteiger partial charge in [0.2, 0.25) is 0 Å². The number of hydrogen-bond acceptors (Lipinski definition) is 5. The number of rotatable bonds is 42. The maximum absolute atomic E-state index is 12.2. The van der Waals surface area contributed by atoms with Crippen LogP contribution >= 0.6 is 0 Å². The van der Waals surface area contributed by atoms with Crippen molar-refractivity contribution in [3.05, 3.63) is 97.2 Å². The summed E-state index contributed by atoms with van der Waals surface area (Å²) in [6, 6.07) is 0. The van der Waals surface area contributed by atoms with Gasteiger partial charge >= 0.3 is 11.9 Å². The van der Waals surface area contributed by atoms with Gasteiger partial charge in [-0.15, -0.1) is 0 Å². The number of ether oxygens (including phenoxy) is 2. The Hall–Kier alpha value is -3.18. The highest BCUT2D eigenvalue weighted by atomic mass is 16.6. The molecule has 0 rings (SSSR count).